The standard InChI is InChI=1S/C50H56O6/c1-2-44-29-18-30-50(44)31-45(56-38-50)47(53-34-41-23-12-5-13-24-41)49(55-36-43-27-16-7-17-28-43)48(54-35-42-25-14-6-15-26-42)46(52-33-40-21-10-4-11-22-40)37-51-32-39-19-8-3-9-20-39/h2-17,19-28,44-49H,1,18,29-38H2/t44?,45?,46-,47+,48+,49-,50?/m1/s1. The van der Waals surface area contributed by atoms with Crippen LogP contribution in [0.15, 0.2) is 164 Å². The zero-order valence-corrected chi connectivity index (χ0v) is 32.4. The van der Waals surface area contributed by atoms with Gasteiger partial charge in [-0.2, -0.15) is 0 Å². The van der Waals surface area contributed by atoms with Crippen molar-refractivity contribution in [1.29, 1.82) is 0 Å². The lowest BCUT2D eigenvalue weighted by atomic mass is 9.75. The third kappa shape index (κ3) is 10.9. The van der Waals surface area contributed by atoms with Gasteiger partial charge in [-0.05, 0) is 53.0 Å². The number of hydrogen-bond donors (Lipinski definition) is 0. The Labute approximate surface area is 333 Å². The van der Waals surface area contributed by atoms with Crippen LogP contribution in [0.25, 0.3) is 0 Å². The summed E-state index contributed by atoms with van der Waals surface area (Å²) in [7, 11) is 0. The molecule has 0 bridgehead atoms. The van der Waals surface area contributed by atoms with Crippen molar-refractivity contribution in [2.24, 2.45) is 11.3 Å². The SMILES string of the molecule is C=CC1CCCC12COC([C@H](OCc1ccccc1)[C@@H](OCc1ccccc1)[C@@H](OCc1ccccc1)[C@@H](COCc1ccccc1)OCc1ccccc1)C2. The lowest BCUT2D eigenvalue weighted by molar-refractivity contribution is -0.216. The Bertz CT molecular complexity index is 1840. The van der Waals surface area contributed by atoms with E-state index in [-0.39, 0.29) is 18.1 Å². The Kier molecular flexibility index (Phi) is 14.7. The summed E-state index contributed by atoms with van der Waals surface area (Å²) in [6.45, 7) is 7.16. The van der Waals surface area contributed by atoms with E-state index in [4.69, 9.17) is 28.4 Å². The van der Waals surface area contributed by atoms with Crippen molar-refractivity contribution in [2.75, 3.05) is 13.2 Å². The second kappa shape index (κ2) is 20.7. The summed E-state index contributed by atoms with van der Waals surface area (Å²) in [5.41, 5.74) is 5.40. The van der Waals surface area contributed by atoms with Crippen LogP contribution in [0.4, 0.5) is 0 Å². The average Bonchev–Trinajstić information content (AvgIpc) is 3.88. The maximum absolute atomic E-state index is 7.16. The molecule has 6 heteroatoms. The van der Waals surface area contributed by atoms with Crippen molar-refractivity contribution in [1.82, 2.24) is 0 Å². The zero-order valence-electron chi connectivity index (χ0n) is 32.4. The first-order valence-corrected chi connectivity index (χ1v) is 20.2. The van der Waals surface area contributed by atoms with Crippen LogP contribution in [-0.4, -0.2) is 43.7 Å². The van der Waals surface area contributed by atoms with Gasteiger partial charge in [-0.25, -0.2) is 0 Å². The van der Waals surface area contributed by atoms with Crippen LogP contribution in [0.3, 0.4) is 0 Å². The fraction of sp³-hybridized carbons (Fsp3) is 0.360. The van der Waals surface area contributed by atoms with Gasteiger partial charge in [0.15, 0.2) is 0 Å². The van der Waals surface area contributed by atoms with Crippen LogP contribution in [-0.2, 0) is 61.5 Å². The van der Waals surface area contributed by atoms with E-state index in [0.717, 1.165) is 47.1 Å². The molecule has 1 saturated heterocycles. The van der Waals surface area contributed by atoms with E-state index >= 15 is 0 Å². The fourth-order valence-electron chi connectivity index (χ4n) is 8.36. The highest BCUT2D eigenvalue weighted by Crippen LogP contribution is 2.52. The molecular weight excluding hydrogens is 697 g/mol. The molecule has 7 rings (SSSR count). The second-order valence-corrected chi connectivity index (χ2v) is 15.3. The van der Waals surface area contributed by atoms with Crippen LogP contribution < -0.4 is 0 Å². The van der Waals surface area contributed by atoms with E-state index < -0.39 is 24.4 Å². The van der Waals surface area contributed by atoms with Gasteiger partial charge in [-0.1, -0.05) is 164 Å². The lowest BCUT2D eigenvalue weighted by Crippen LogP contribution is -2.54. The molecule has 1 saturated carbocycles. The monoisotopic (exact) mass is 752 g/mol. The minimum atomic E-state index is -0.599. The number of benzene rings is 5. The maximum Gasteiger partial charge on any atom is 0.115 e. The number of allylic oxidation sites excluding steroid dienone is 1. The molecule has 1 heterocycles. The third-order valence-electron chi connectivity index (χ3n) is 11.4. The normalized spacial score (nSPS) is 21.4. The van der Waals surface area contributed by atoms with Crippen molar-refractivity contribution in [3.05, 3.63) is 192 Å². The average molecular weight is 753 g/mol. The molecule has 0 radical (unpaired) electrons. The van der Waals surface area contributed by atoms with Gasteiger partial charge in [0, 0.05) is 5.41 Å². The molecule has 292 valence electrons. The van der Waals surface area contributed by atoms with E-state index in [0.29, 0.717) is 45.6 Å². The van der Waals surface area contributed by atoms with Crippen molar-refractivity contribution in [2.45, 2.75) is 89.2 Å². The molecule has 0 aromatic heterocycles. The Morgan fingerprint density at radius 1 is 0.571 bits per heavy atom. The van der Waals surface area contributed by atoms with Crippen molar-refractivity contribution in [3.8, 4) is 0 Å². The van der Waals surface area contributed by atoms with Gasteiger partial charge in [-0.3, -0.25) is 0 Å². The summed E-state index contributed by atoms with van der Waals surface area (Å²) in [6.07, 6.45) is 4.01. The lowest BCUT2D eigenvalue weighted by Gasteiger charge is -2.39. The van der Waals surface area contributed by atoms with Gasteiger partial charge in [-0.15, -0.1) is 6.58 Å². The van der Waals surface area contributed by atoms with Crippen LogP contribution in [0, 0.1) is 11.3 Å². The molecule has 3 unspecified atom stereocenters. The fourth-order valence-corrected chi connectivity index (χ4v) is 8.36. The number of rotatable bonds is 21. The van der Waals surface area contributed by atoms with Crippen LogP contribution >= 0.6 is 0 Å². The molecule has 6 nitrogen and oxygen atoms in total. The quantitative estimate of drug-likeness (QED) is 0.0696. The summed E-state index contributed by atoms with van der Waals surface area (Å²) in [6, 6.07) is 51.4. The molecule has 56 heavy (non-hydrogen) atoms. The highest BCUT2D eigenvalue weighted by atomic mass is 16.6. The highest BCUT2D eigenvalue weighted by Gasteiger charge is 2.52. The molecule has 5 aromatic carbocycles. The predicted octanol–water partition coefficient (Wildman–Crippen LogP) is 10.3. The minimum absolute atomic E-state index is 0.0349. The molecule has 5 aromatic rings. The van der Waals surface area contributed by atoms with E-state index in [1.54, 1.807) is 0 Å². The second-order valence-electron chi connectivity index (χ2n) is 15.3. The Morgan fingerprint density at radius 2 is 1.02 bits per heavy atom. The Morgan fingerprint density at radius 3 is 1.52 bits per heavy atom. The molecule has 0 amide bonds. The highest BCUT2D eigenvalue weighted by molar-refractivity contribution is 5.18. The van der Waals surface area contributed by atoms with Gasteiger partial charge in [0.2, 0.25) is 0 Å². The minimum Gasteiger partial charge on any atom is -0.375 e. The van der Waals surface area contributed by atoms with Crippen LogP contribution in [0.2, 0.25) is 0 Å². The molecule has 1 aliphatic carbocycles. The van der Waals surface area contributed by atoms with Gasteiger partial charge >= 0.3 is 0 Å². The molecular formula is C50H56O6. The number of ether oxygens (including phenoxy) is 6. The van der Waals surface area contributed by atoms with E-state index in [1.807, 2.05) is 78.9 Å². The Hall–Kier alpha value is -4.40. The molecule has 2 aliphatic rings. The molecule has 1 aliphatic heterocycles. The smallest absolute Gasteiger partial charge is 0.115 e. The third-order valence-corrected chi connectivity index (χ3v) is 11.4. The van der Waals surface area contributed by atoms with Crippen LogP contribution in [0.1, 0.15) is 53.5 Å². The number of hydrogen-bond acceptors (Lipinski definition) is 6. The summed E-state index contributed by atoms with van der Waals surface area (Å²) in [5.74, 6) is 0.407. The van der Waals surface area contributed by atoms with Gasteiger partial charge < -0.3 is 28.4 Å². The topological polar surface area (TPSA) is 55.4 Å². The van der Waals surface area contributed by atoms with E-state index in [1.165, 1.54) is 6.42 Å². The first-order chi connectivity index (χ1) is 27.7. The van der Waals surface area contributed by atoms with Gasteiger partial charge in [0.05, 0.1) is 52.4 Å². The molecule has 1 spiro atoms. The summed E-state index contributed by atoms with van der Waals surface area (Å²) in [5, 5.41) is 0. The summed E-state index contributed by atoms with van der Waals surface area (Å²) >= 11 is 0. The van der Waals surface area contributed by atoms with Crippen molar-refractivity contribution < 1.29 is 28.4 Å². The zero-order chi connectivity index (χ0) is 38.3. The molecule has 2 fully saturated rings. The summed E-state index contributed by atoms with van der Waals surface area (Å²) in [4.78, 5) is 0. The maximum atomic E-state index is 7.16. The van der Waals surface area contributed by atoms with Crippen molar-refractivity contribution >= 4 is 0 Å². The predicted molar refractivity (Wildman–Crippen MR) is 221 cm³/mol. The van der Waals surface area contributed by atoms with Gasteiger partial charge in [0.1, 0.15) is 24.4 Å². The van der Waals surface area contributed by atoms with Crippen LogP contribution in [0.5, 0.6) is 0 Å². The first kappa shape index (κ1) is 39.8. The largest absolute Gasteiger partial charge is 0.375 e. The Balaban J connectivity index is 1.27. The molecule has 7 atom stereocenters. The van der Waals surface area contributed by atoms with E-state index in [9.17, 15) is 0 Å². The first-order valence-electron chi connectivity index (χ1n) is 20.2. The van der Waals surface area contributed by atoms with E-state index in [2.05, 4.69) is 85.5 Å². The summed E-state index contributed by atoms with van der Waals surface area (Å²) < 4.78 is 41.7. The van der Waals surface area contributed by atoms with Crippen molar-refractivity contribution in [3.63, 3.8) is 0 Å². The molecule has 0 N–H and O–H groups in total. The van der Waals surface area contributed by atoms with Gasteiger partial charge in [0.25, 0.3) is 0 Å².